The Morgan fingerprint density at radius 2 is 2.21 bits per heavy atom. The fourth-order valence-corrected chi connectivity index (χ4v) is 2.13. The summed E-state index contributed by atoms with van der Waals surface area (Å²) >= 11 is 0. The van der Waals surface area contributed by atoms with E-state index >= 15 is 0 Å². The normalized spacial score (nSPS) is 23.8. The molecule has 1 fully saturated rings. The molecule has 108 valence electrons. The molecular formula is C13H24N4O2. The molecule has 0 aromatic carbocycles. The van der Waals surface area contributed by atoms with E-state index in [2.05, 4.69) is 41.6 Å². The van der Waals surface area contributed by atoms with Crippen LogP contribution < -0.4 is 10.6 Å². The monoisotopic (exact) mass is 268 g/mol. The lowest BCUT2D eigenvalue weighted by atomic mass is 9.95. The van der Waals surface area contributed by atoms with Gasteiger partial charge in [0.25, 0.3) is 0 Å². The molecule has 1 aliphatic rings. The Morgan fingerprint density at radius 1 is 1.37 bits per heavy atom. The van der Waals surface area contributed by atoms with Crippen LogP contribution in [-0.4, -0.2) is 35.5 Å². The number of anilines is 1. The predicted molar refractivity (Wildman–Crippen MR) is 72.9 cm³/mol. The first-order valence-electron chi connectivity index (χ1n) is 6.96. The van der Waals surface area contributed by atoms with E-state index in [1.807, 2.05) is 0 Å². The molecule has 6 heteroatoms. The van der Waals surface area contributed by atoms with Crippen LogP contribution in [0.3, 0.4) is 0 Å². The van der Waals surface area contributed by atoms with Crippen molar-refractivity contribution in [1.29, 1.82) is 0 Å². The molecule has 1 aromatic rings. The minimum atomic E-state index is -0.104. The third-order valence-electron chi connectivity index (χ3n) is 3.14. The Kier molecular flexibility index (Phi) is 4.76. The van der Waals surface area contributed by atoms with Crippen LogP contribution in [0.4, 0.5) is 6.01 Å². The lowest BCUT2D eigenvalue weighted by Gasteiger charge is -2.33. The average Bonchev–Trinajstić information content (AvgIpc) is 2.76. The van der Waals surface area contributed by atoms with Crippen molar-refractivity contribution in [3.05, 3.63) is 5.89 Å². The maximum Gasteiger partial charge on any atom is 0.316 e. The summed E-state index contributed by atoms with van der Waals surface area (Å²) in [4.78, 5) is 0. The van der Waals surface area contributed by atoms with Gasteiger partial charge in [0.2, 0.25) is 5.89 Å². The molecule has 6 nitrogen and oxygen atoms in total. The lowest BCUT2D eigenvalue weighted by Crippen LogP contribution is -2.43. The summed E-state index contributed by atoms with van der Waals surface area (Å²) in [6.45, 7) is 9.51. The summed E-state index contributed by atoms with van der Waals surface area (Å²) in [5, 5.41) is 14.6. The van der Waals surface area contributed by atoms with Crippen molar-refractivity contribution in [2.75, 3.05) is 25.1 Å². The number of aromatic nitrogens is 2. The number of rotatable bonds is 6. The van der Waals surface area contributed by atoms with Gasteiger partial charge in [-0.15, -0.1) is 5.10 Å². The number of hydrogen-bond donors (Lipinski definition) is 2. The van der Waals surface area contributed by atoms with Crippen LogP contribution in [0.25, 0.3) is 0 Å². The predicted octanol–water partition coefficient (Wildman–Crippen LogP) is 1.80. The number of nitrogens with zero attached hydrogens (tertiary/aromatic N) is 2. The zero-order valence-electron chi connectivity index (χ0n) is 12.0. The third-order valence-corrected chi connectivity index (χ3v) is 3.14. The van der Waals surface area contributed by atoms with E-state index < -0.39 is 0 Å². The molecule has 0 aliphatic carbocycles. The second-order valence-electron chi connectivity index (χ2n) is 5.87. The molecule has 0 amide bonds. The quantitative estimate of drug-likeness (QED) is 0.819. The molecule has 0 radical (unpaired) electrons. The van der Waals surface area contributed by atoms with Gasteiger partial charge in [0.15, 0.2) is 0 Å². The molecule has 2 heterocycles. The van der Waals surface area contributed by atoms with Crippen molar-refractivity contribution in [3.63, 3.8) is 0 Å². The Labute approximate surface area is 114 Å². The van der Waals surface area contributed by atoms with Crippen molar-refractivity contribution in [1.82, 2.24) is 15.5 Å². The summed E-state index contributed by atoms with van der Waals surface area (Å²) in [6, 6.07) is 0.481. The highest BCUT2D eigenvalue weighted by Gasteiger charge is 2.29. The van der Waals surface area contributed by atoms with Gasteiger partial charge < -0.3 is 19.8 Å². The number of nitrogens with one attached hydrogen (secondary N) is 2. The molecule has 19 heavy (non-hydrogen) atoms. The molecule has 1 aliphatic heterocycles. The van der Waals surface area contributed by atoms with E-state index in [9.17, 15) is 0 Å². The minimum Gasteiger partial charge on any atom is -0.407 e. The highest BCUT2D eigenvalue weighted by Crippen LogP contribution is 2.23. The summed E-state index contributed by atoms with van der Waals surface area (Å²) in [6.07, 6.45) is 2.11. The first-order valence-corrected chi connectivity index (χ1v) is 6.96. The van der Waals surface area contributed by atoms with Gasteiger partial charge in [0.05, 0.1) is 18.7 Å². The van der Waals surface area contributed by atoms with Gasteiger partial charge >= 0.3 is 6.01 Å². The summed E-state index contributed by atoms with van der Waals surface area (Å²) in [7, 11) is 0. The van der Waals surface area contributed by atoms with Crippen LogP contribution in [0.1, 0.15) is 39.5 Å². The Hall–Kier alpha value is -1.14. The van der Waals surface area contributed by atoms with E-state index in [1.165, 1.54) is 0 Å². The van der Waals surface area contributed by atoms with Gasteiger partial charge in [-0.05, 0) is 32.2 Å². The van der Waals surface area contributed by atoms with Crippen LogP contribution >= 0.6 is 0 Å². The Bertz CT molecular complexity index is 386. The van der Waals surface area contributed by atoms with Gasteiger partial charge in [-0.1, -0.05) is 18.9 Å². The molecule has 0 bridgehead atoms. The molecule has 2 rings (SSSR count). The second kappa shape index (κ2) is 6.34. The SMILES string of the molecule is CC(C)CNCc1nnc(NC2(C)CCCOC2)o1. The molecule has 0 saturated carbocycles. The van der Waals surface area contributed by atoms with Crippen LogP contribution in [0.15, 0.2) is 4.42 Å². The van der Waals surface area contributed by atoms with Crippen LogP contribution in [-0.2, 0) is 11.3 Å². The third kappa shape index (κ3) is 4.47. The fourth-order valence-electron chi connectivity index (χ4n) is 2.13. The molecular weight excluding hydrogens is 244 g/mol. The zero-order chi connectivity index (χ0) is 13.7. The largest absolute Gasteiger partial charge is 0.407 e. The minimum absolute atomic E-state index is 0.104. The van der Waals surface area contributed by atoms with Gasteiger partial charge in [0, 0.05) is 6.61 Å². The van der Waals surface area contributed by atoms with Crippen LogP contribution in [0, 0.1) is 5.92 Å². The lowest BCUT2D eigenvalue weighted by molar-refractivity contribution is 0.0530. The highest BCUT2D eigenvalue weighted by atomic mass is 16.5. The van der Waals surface area contributed by atoms with Gasteiger partial charge in [-0.3, -0.25) is 0 Å². The smallest absolute Gasteiger partial charge is 0.316 e. The van der Waals surface area contributed by atoms with E-state index in [1.54, 1.807) is 0 Å². The van der Waals surface area contributed by atoms with Crippen molar-refractivity contribution in [3.8, 4) is 0 Å². The molecule has 1 unspecified atom stereocenters. The van der Waals surface area contributed by atoms with E-state index in [-0.39, 0.29) is 5.54 Å². The Morgan fingerprint density at radius 3 is 2.89 bits per heavy atom. The van der Waals surface area contributed by atoms with Crippen molar-refractivity contribution in [2.45, 2.75) is 45.7 Å². The maximum atomic E-state index is 5.58. The van der Waals surface area contributed by atoms with E-state index in [0.717, 1.165) is 26.0 Å². The van der Waals surface area contributed by atoms with E-state index in [0.29, 0.717) is 31.0 Å². The summed E-state index contributed by atoms with van der Waals surface area (Å²) < 4.78 is 11.1. The fraction of sp³-hybridized carbons (Fsp3) is 0.846. The molecule has 1 saturated heterocycles. The first-order chi connectivity index (χ1) is 9.07. The van der Waals surface area contributed by atoms with Gasteiger partial charge in [-0.2, -0.15) is 0 Å². The summed E-state index contributed by atoms with van der Waals surface area (Å²) in [5.41, 5.74) is -0.104. The van der Waals surface area contributed by atoms with Gasteiger partial charge in [-0.25, -0.2) is 0 Å². The number of ether oxygens (including phenoxy) is 1. The first kappa shape index (κ1) is 14.3. The standard InChI is InChI=1S/C13H24N4O2/c1-10(2)7-14-8-11-16-17-12(19-11)15-13(3)5-4-6-18-9-13/h10,14H,4-9H2,1-3H3,(H,15,17). The van der Waals surface area contributed by atoms with E-state index in [4.69, 9.17) is 9.15 Å². The molecule has 1 atom stereocenters. The van der Waals surface area contributed by atoms with Gasteiger partial charge in [0.1, 0.15) is 0 Å². The highest BCUT2D eigenvalue weighted by molar-refractivity contribution is 5.24. The maximum absolute atomic E-state index is 5.58. The van der Waals surface area contributed by atoms with Crippen molar-refractivity contribution < 1.29 is 9.15 Å². The number of hydrogen-bond acceptors (Lipinski definition) is 6. The van der Waals surface area contributed by atoms with Crippen LogP contribution in [0.2, 0.25) is 0 Å². The topological polar surface area (TPSA) is 72.2 Å². The molecule has 2 N–H and O–H groups in total. The zero-order valence-corrected chi connectivity index (χ0v) is 12.0. The average molecular weight is 268 g/mol. The Balaban J connectivity index is 1.83. The second-order valence-corrected chi connectivity index (χ2v) is 5.87. The van der Waals surface area contributed by atoms with Crippen LogP contribution in [0.5, 0.6) is 0 Å². The molecule has 0 spiro atoms. The van der Waals surface area contributed by atoms with Crippen molar-refractivity contribution in [2.24, 2.45) is 5.92 Å². The van der Waals surface area contributed by atoms with Crippen molar-refractivity contribution >= 4 is 6.01 Å². The summed E-state index contributed by atoms with van der Waals surface area (Å²) in [5.74, 6) is 1.22. The molecule has 1 aromatic heterocycles.